The molecule has 2 aromatic heterocycles. The van der Waals surface area contributed by atoms with Crippen molar-refractivity contribution >= 4 is 22.7 Å². The van der Waals surface area contributed by atoms with Gasteiger partial charge in [0.25, 0.3) is 0 Å². The van der Waals surface area contributed by atoms with Crippen LogP contribution in [0.2, 0.25) is 0 Å². The number of para-hydroxylation sites is 2. The third-order valence-electron chi connectivity index (χ3n) is 5.12. The minimum atomic E-state index is 0.458. The fraction of sp³-hybridized carbons (Fsp3) is 0.208. The van der Waals surface area contributed by atoms with Gasteiger partial charge in [-0.1, -0.05) is 48.5 Å². The highest BCUT2D eigenvalue weighted by atomic mass is 15.3. The predicted molar refractivity (Wildman–Crippen MR) is 122 cm³/mol. The van der Waals surface area contributed by atoms with Gasteiger partial charge in [0.1, 0.15) is 0 Å². The summed E-state index contributed by atoms with van der Waals surface area (Å²) in [4.78, 5) is 0. The zero-order valence-corrected chi connectivity index (χ0v) is 18.1. The topological polar surface area (TPSA) is 63.2 Å². The maximum Gasteiger partial charge on any atom is 0.350 e. The lowest BCUT2D eigenvalue weighted by atomic mass is 10.2. The van der Waals surface area contributed by atoms with Crippen LogP contribution < -0.4 is 10.2 Å². The summed E-state index contributed by atoms with van der Waals surface area (Å²) in [6.45, 7) is 5.82. The summed E-state index contributed by atoms with van der Waals surface area (Å²) in [6, 6.07) is 23.9. The van der Waals surface area contributed by atoms with Gasteiger partial charge in [-0.3, -0.25) is 0 Å². The number of nitrogens with zero attached hydrogens (tertiary/aromatic N) is 7. The molecule has 0 amide bonds. The first-order chi connectivity index (χ1) is 15.2. The van der Waals surface area contributed by atoms with Crippen molar-refractivity contribution in [2.24, 2.45) is 27.5 Å². The molecule has 0 radical (unpaired) electrons. The standard InChI is InChI=1S/C24H26N7/c1-4-30-20-15-9-10-16-21(20)31(5-2)24(30)28-27-23(19-13-7-6-8-14-19)26-25-22-17-11-12-18-29(22)3/h6-18H,4-5H2,1-3H3/q+1. The molecule has 156 valence electrons. The molecule has 0 aliphatic rings. The van der Waals surface area contributed by atoms with Crippen molar-refractivity contribution in [3.63, 3.8) is 0 Å². The van der Waals surface area contributed by atoms with E-state index in [1.807, 2.05) is 78.5 Å². The number of aryl methyl sites for hydroxylation is 3. The van der Waals surface area contributed by atoms with Gasteiger partial charge in [-0.2, -0.15) is 0 Å². The lowest BCUT2D eigenvalue weighted by Gasteiger charge is -2.00. The Kier molecular flexibility index (Phi) is 6.12. The second-order valence-corrected chi connectivity index (χ2v) is 7.04. The fourth-order valence-electron chi connectivity index (χ4n) is 3.54. The Hall–Kier alpha value is -3.87. The number of hydrogen-bond acceptors (Lipinski definition) is 3. The minimum absolute atomic E-state index is 0.458. The normalized spacial score (nSPS) is 12.0. The molecule has 0 spiro atoms. The van der Waals surface area contributed by atoms with Crippen molar-refractivity contribution in [3.05, 3.63) is 90.2 Å². The van der Waals surface area contributed by atoms with Crippen LogP contribution in [-0.2, 0) is 20.1 Å². The lowest BCUT2D eigenvalue weighted by molar-refractivity contribution is -0.658. The van der Waals surface area contributed by atoms with Gasteiger partial charge in [-0.05, 0) is 37.2 Å². The number of benzene rings is 2. The number of pyridine rings is 1. The zero-order chi connectivity index (χ0) is 21.6. The number of fused-ring (bicyclic) bond motifs is 1. The molecular weight excluding hydrogens is 386 g/mol. The second-order valence-electron chi connectivity index (χ2n) is 7.04. The minimum Gasteiger partial charge on any atom is -0.309 e. The molecule has 7 nitrogen and oxygen atoms in total. The van der Waals surface area contributed by atoms with Crippen molar-refractivity contribution in [1.82, 2.24) is 9.13 Å². The van der Waals surface area contributed by atoms with Crippen LogP contribution in [-0.4, -0.2) is 15.0 Å². The Morgan fingerprint density at radius 3 is 2.03 bits per heavy atom. The lowest BCUT2D eigenvalue weighted by Crippen LogP contribution is -2.26. The summed E-state index contributed by atoms with van der Waals surface area (Å²) in [5.74, 6) is 1.19. The molecule has 0 aliphatic heterocycles. The van der Waals surface area contributed by atoms with E-state index in [0.29, 0.717) is 5.84 Å². The molecule has 0 saturated heterocycles. The van der Waals surface area contributed by atoms with E-state index in [2.05, 4.69) is 55.5 Å². The molecule has 0 N–H and O–H groups in total. The van der Waals surface area contributed by atoms with Crippen LogP contribution in [0.15, 0.2) is 99.4 Å². The predicted octanol–water partition coefficient (Wildman–Crippen LogP) is 4.35. The number of amidine groups is 1. The van der Waals surface area contributed by atoms with Crippen LogP contribution in [0.4, 0.5) is 5.82 Å². The van der Waals surface area contributed by atoms with E-state index in [4.69, 9.17) is 0 Å². The van der Waals surface area contributed by atoms with Crippen LogP contribution in [0, 0.1) is 0 Å². The summed E-state index contributed by atoms with van der Waals surface area (Å²) >= 11 is 0. The quantitative estimate of drug-likeness (QED) is 0.154. The molecule has 0 fully saturated rings. The molecule has 2 aromatic carbocycles. The Morgan fingerprint density at radius 2 is 1.42 bits per heavy atom. The van der Waals surface area contributed by atoms with Crippen LogP contribution in [0.5, 0.6) is 0 Å². The third kappa shape index (κ3) is 4.21. The smallest absolute Gasteiger partial charge is 0.309 e. The van der Waals surface area contributed by atoms with Gasteiger partial charge < -0.3 is 9.13 Å². The van der Waals surface area contributed by atoms with Crippen molar-refractivity contribution in [2.75, 3.05) is 0 Å². The molecule has 0 saturated carbocycles. The molecule has 2 heterocycles. The Balaban J connectivity index is 1.88. The van der Waals surface area contributed by atoms with E-state index in [-0.39, 0.29) is 0 Å². The molecule has 0 unspecified atom stereocenters. The van der Waals surface area contributed by atoms with E-state index < -0.39 is 0 Å². The van der Waals surface area contributed by atoms with Gasteiger partial charge in [0.05, 0.1) is 29.4 Å². The zero-order valence-electron chi connectivity index (χ0n) is 18.1. The molecule has 0 aliphatic carbocycles. The van der Waals surface area contributed by atoms with Crippen molar-refractivity contribution < 1.29 is 4.57 Å². The Bertz CT molecular complexity index is 1270. The maximum atomic E-state index is 4.65. The van der Waals surface area contributed by atoms with E-state index in [9.17, 15) is 0 Å². The van der Waals surface area contributed by atoms with Gasteiger partial charge in [0.15, 0.2) is 0 Å². The third-order valence-corrected chi connectivity index (χ3v) is 5.12. The van der Waals surface area contributed by atoms with Crippen molar-refractivity contribution in [1.29, 1.82) is 0 Å². The summed E-state index contributed by atoms with van der Waals surface area (Å²) in [5, 5.41) is 18.1. The van der Waals surface area contributed by atoms with E-state index in [1.165, 1.54) is 0 Å². The molecule has 4 aromatic rings. The van der Waals surface area contributed by atoms with Crippen molar-refractivity contribution in [3.8, 4) is 0 Å². The van der Waals surface area contributed by atoms with Gasteiger partial charge in [0.2, 0.25) is 11.5 Å². The number of imidazole rings is 1. The Labute approximate surface area is 181 Å². The average molecular weight is 413 g/mol. The van der Waals surface area contributed by atoms with Gasteiger partial charge in [-0.15, -0.1) is 10.2 Å². The fourth-order valence-corrected chi connectivity index (χ4v) is 3.54. The van der Waals surface area contributed by atoms with Crippen LogP contribution in [0.3, 0.4) is 0 Å². The van der Waals surface area contributed by atoms with E-state index in [1.54, 1.807) is 0 Å². The molecule has 0 atom stereocenters. The molecular formula is C24H26N7+. The van der Waals surface area contributed by atoms with Crippen molar-refractivity contribution in [2.45, 2.75) is 26.9 Å². The van der Waals surface area contributed by atoms with Gasteiger partial charge >= 0.3 is 5.82 Å². The first-order valence-electron chi connectivity index (χ1n) is 10.4. The summed E-state index contributed by atoms with van der Waals surface area (Å²) < 4.78 is 6.24. The van der Waals surface area contributed by atoms with Gasteiger partial charge in [-0.25, -0.2) is 4.57 Å². The highest BCUT2D eigenvalue weighted by Gasteiger charge is 2.11. The number of azo groups is 1. The molecule has 0 bridgehead atoms. The molecule has 4 rings (SSSR count). The summed E-state index contributed by atoms with van der Waals surface area (Å²) in [6.07, 6.45) is 1.93. The summed E-state index contributed by atoms with van der Waals surface area (Å²) in [7, 11) is 1.93. The molecule has 7 heteroatoms. The number of rotatable bonds is 5. The monoisotopic (exact) mass is 412 g/mol. The maximum absolute atomic E-state index is 4.65. The summed E-state index contributed by atoms with van der Waals surface area (Å²) in [5.41, 5.74) is 3.93. The first kappa shape index (κ1) is 20.4. The largest absolute Gasteiger partial charge is 0.350 e. The SMILES string of the molecule is CCn1c(=NN=C(N=Nc2cccc[n+]2C)c2ccccc2)n(CC)c2ccccc21. The van der Waals surface area contributed by atoms with Crippen LogP contribution in [0.1, 0.15) is 19.4 Å². The molecule has 31 heavy (non-hydrogen) atoms. The average Bonchev–Trinajstić information content (AvgIpc) is 3.13. The highest BCUT2D eigenvalue weighted by molar-refractivity contribution is 5.99. The number of hydrogen-bond donors (Lipinski definition) is 0. The van der Waals surface area contributed by atoms with Crippen LogP contribution >= 0.6 is 0 Å². The Morgan fingerprint density at radius 1 is 0.806 bits per heavy atom. The first-order valence-corrected chi connectivity index (χ1v) is 10.4. The number of aromatic nitrogens is 3. The highest BCUT2D eigenvalue weighted by Crippen LogP contribution is 2.13. The van der Waals surface area contributed by atoms with Crippen LogP contribution in [0.25, 0.3) is 11.0 Å². The van der Waals surface area contributed by atoms with E-state index in [0.717, 1.165) is 41.1 Å². The van der Waals surface area contributed by atoms with E-state index >= 15 is 0 Å². The second kappa shape index (κ2) is 9.30. The van der Waals surface area contributed by atoms with Gasteiger partial charge in [0, 0.05) is 24.7 Å².